The summed E-state index contributed by atoms with van der Waals surface area (Å²) in [6.45, 7) is 1.46. The summed E-state index contributed by atoms with van der Waals surface area (Å²) < 4.78 is 2.06. The van der Waals surface area contributed by atoms with Crippen molar-refractivity contribution in [2.24, 2.45) is 0 Å². The molecular formula is C11H10ClN3O. The number of imidazole rings is 1. The van der Waals surface area contributed by atoms with Crippen molar-refractivity contribution in [2.75, 3.05) is 17.3 Å². The number of fused-ring (bicyclic) bond motifs is 3. The normalized spacial score (nSPS) is 14.4. The number of nitrogens with zero attached hydrogens (tertiary/aromatic N) is 3. The summed E-state index contributed by atoms with van der Waals surface area (Å²) in [5.41, 5.74) is 1.99. The van der Waals surface area contributed by atoms with E-state index in [-0.39, 0.29) is 11.8 Å². The molecule has 0 spiro atoms. The van der Waals surface area contributed by atoms with Crippen molar-refractivity contribution in [3.8, 4) is 0 Å². The van der Waals surface area contributed by atoms with Gasteiger partial charge in [0, 0.05) is 13.1 Å². The second kappa shape index (κ2) is 3.49. The molecule has 1 amide bonds. The number of carbonyl (C=O) groups is 1. The van der Waals surface area contributed by atoms with Crippen molar-refractivity contribution in [2.45, 2.75) is 6.54 Å². The first-order valence-corrected chi connectivity index (χ1v) is 5.66. The molecule has 0 N–H and O–H groups in total. The van der Waals surface area contributed by atoms with E-state index in [2.05, 4.69) is 9.55 Å². The Kier molecular flexibility index (Phi) is 2.11. The molecule has 16 heavy (non-hydrogen) atoms. The SMILES string of the molecule is O=C(CCl)N1CCn2c1nc1ccccc12. The van der Waals surface area contributed by atoms with Crippen molar-refractivity contribution in [3.63, 3.8) is 0 Å². The maximum absolute atomic E-state index is 11.6. The van der Waals surface area contributed by atoms with E-state index in [0.717, 1.165) is 17.6 Å². The number of alkyl halides is 1. The van der Waals surface area contributed by atoms with E-state index in [1.807, 2.05) is 24.3 Å². The molecule has 82 valence electrons. The Morgan fingerprint density at radius 3 is 3.00 bits per heavy atom. The molecule has 0 atom stereocenters. The summed E-state index contributed by atoms with van der Waals surface area (Å²) in [5, 5.41) is 0. The van der Waals surface area contributed by atoms with Crippen molar-refractivity contribution in [1.82, 2.24) is 9.55 Å². The third-order valence-corrected chi connectivity index (χ3v) is 3.07. The maximum Gasteiger partial charge on any atom is 0.244 e. The van der Waals surface area contributed by atoms with Gasteiger partial charge in [0.25, 0.3) is 0 Å². The van der Waals surface area contributed by atoms with Gasteiger partial charge in [0.1, 0.15) is 5.88 Å². The Hall–Kier alpha value is -1.55. The summed E-state index contributed by atoms with van der Waals surface area (Å²) in [4.78, 5) is 17.7. The summed E-state index contributed by atoms with van der Waals surface area (Å²) in [5.74, 6) is 0.631. The standard InChI is InChI=1S/C11H10ClN3O/c12-7-10(16)15-6-5-14-9-4-2-1-3-8(9)13-11(14)15/h1-4H,5-7H2. The van der Waals surface area contributed by atoms with Crippen molar-refractivity contribution in [3.05, 3.63) is 24.3 Å². The number of hydrogen-bond acceptors (Lipinski definition) is 2. The van der Waals surface area contributed by atoms with E-state index in [1.54, 1.807) is 4.90 Å². The molecule has 5 heteroatoms. The fraction of sp³-hybridized carbons (Fsp3) is 0.273. The summed E-state index contributed by atoms with van der Waals surface area (Å²) >= 11 is 5.57. The summed E-state index contributed by atoms with van der Waals surface area (Å²) in [6.07, 6.45) is 0. The molecule has 1 aromatic heterocycles. The molecule has 0 bridgehead atoms. The van der Waals surface area contributed by atoms with Crippen molar-refractivity contribution < 1.29 is 4.79 Å². The number of rotatable bonds is 1. The molecule has 1 aromatic carbocycles. The van der Waals surface area contributed by atoms with Crippen LogP contribution in [0.15, 0.2) is 24.3 Å². The van der Waals surface area contributed by atoms with Gasteiger partial charge in [-0.1, -0.05) is 12.1 Å². The molecule has 1 aliphatic heterocycles. The van der Waals surface area contributed by atoms with Gasteiger partial charge in [-0.3, -0.25) is 9.69 Å². The Balaban J connectivity index is 2.16. The Morgan fingerprint density at radius 1 is 1.38 bits per heavy atom. The highest BCUT2D eigenvalue weighted by Crippen LogP contribution is 2.27. The molecule has 0 unspecified atom stereocenters. The quantitative estimate of drug-likeness (QED) is 0.705. The smallest absolute Gasteiger partial charge is 0.244 e. The lowest BCUT2D eigenvalue weighted by atomic mass is 10.3. The zero-order valence-corrected chi connectivity index (χ0v) is 9.31. The first kappa shape index (κ1) is 9.66. The predicted molar refractivity (Wildman–Crippen MR) is 62.8 cm³/mol. The lowest BCUT2D eigenvalue weighted by Gasteiger charge is -2.10. The van der Waals surface area contributed by atoms with Crippen LogP contribution in [0.4, 0.5) is 5.95 Å². The number of halogens is 1. The van der Waals surface area contributed by atoms with Crippen molar-refractivity contribution >= 4 is 34.5 Å². The molecule has 0 aliphatic carbocycles. The number of benzene rings is 1. The van der Waals surface area contributed by atoms with E-state index < -0.39 is 0 Å². The highest BCUT2D eigenvalue weighted by Gasteiger charge is 2.27. The second-order valence-electron chi connectivity index (χ2n) is 3.73. The first-order valence-electron chi connectivity index (χ1n) is 5.13. The summed E-state index contributed by atoms with van der Waals surface area (Å²) in [6, 6.07) is 7.88. The van der Waals surface area contributed by atoms with E-state index in [9.17, 15) is 4.79 Å². The number of anilines is 1. The molecule has 4 nitrogen and oxygen atoms in total. The Labute approximate surface area is 97.4 Å². The van der Waals surface area contributed by atoms with Crippen LogP contribution in [0.1, 0.15) is 0 Å². The van der Waals surface area contributed by atoms with Crippen LogP contribution in [0.5, 0.6) is 0 Å². The number of para-hydroxylation sites is 2. The van der Waals surface area contributed by atoms with Crippen LogP contribution in [-0.2, 0) is 11.3 Å². The molecule has 3 rings (SSSR count). The van der Waals surface area contributed by atoms with Gasteiger partial charge in [0.2, 0.25) is 11.9 Å². The minimum absolute atomic E-state index is 0.00318. The topological polar surface area (TPSA) is 38.1 Å². The van der Waals surface area contributed by atoms with Gasteiger partial charge >= 0.3 is 0 Å². The van der Waals surface area contributed by atoms with Crippen LogP contribution in [0, 0.1) is 0 Å². The largest absolute Gasteiger partial charge is 0.308 e. The Bertz CT molecular complexity index is 563. The minimum atomic E-state index is -0.0873. The van der Waals surface area contributed by atoms with E-state index in [1.165, 1.54) is 0 Å². The molecule has 0 saturated heterocycles. The maximum atomic E-state index is 11.6. The van der Waals surface area contributed by atoms with Crippen LogP contribution in [0.25, 0.3) is 11.0 Å². The van der Waals surface area contributed by atoms with E-state index >= 15 is 0 Å². The monoisotopic (exact) mass is 235 g/mol. The zero-order chi connectivity index (χ0) is 11.1. The lowest BCUT2D eigenvalue weighted by molar-refractivity contribution is -0.116. The average molecular weight is 236 g/mol. The minimum Gasteiger partial charge on any atom is -0.308 e. The molecule has 0 saturated carbocycles. The second-order valence-corrected chi connectivity index (χ2v) is 4.00. The lowest BCUT2D eigenvalue weighted by Crippen LogP contribution is -2.30. The van der Waals surface area contributed by atoms with Gasteiger partial charge in [0.15, 0.2) is 0 Å². The fourth-order valence-electron chi connectivity index (χ4n) is 2.10. The molecule has 1 aliphatic rings. The van der Waals surface area contributed by atoms with Gasteiger partial charge < -0.3 is 4.57 Å². The van der Waals surface area contributed by atoms with Gasteiger partial charge in [-0.15, -0.1) is 11.6 Å². The van der Waals surface area contributed by atoms with Gasteiger partial charge in [-0.2, -0.15) is 0 Å². The summed E-state index contributed by atoms with van der Waals surface area (Å²) in [7, 11) is 0. The average Bonchev–Trinajstić information content (AvgIpc) is 2.86. The van der Waals surface area contributed by atoms with Crippen LogP contribution < -0.4 is 4.90 Å². The highest BCUT2D eigenvalue weighted by molar-refractivity contribution is 6.29. The number of amides is 1. The zero-order valence-electron chi connectivity index (χ0n) is 8.56. The molecule has 0 radical (unpaired) electrons. The molecule has 2 aromatic rings. The number of hydrogen-bond donors (Lipinski definition) is 0. The number of carbonyl (C=O) groups excluding carboxylic acids is 1. The van der Waals surface area contributed by atoms with Crippen LogP contribution >= 0.6 is 11.6 Å². The van der Waals surface area contributed by atoms with Gasteiger partial charge in [-0.25, -0.2) is 4.98 Å². The van der Waals surface area contributed by atoms with Crippen LogP contribution in [-0.4, -0.2) is 27.9 Å². The highest BCUT2D eigenvalue weighted by atomic mass is 35.5. The molecular weight excluding hydrogens is 226 g/mol. The predicted octanol–water partition coefficient (Wildman–Crippen LogP) is 1.62. The third kappa shape index (κ3) is 1.23. The fourth-order valence-corrected chi connectivity index (χ4v) is 2.24. The Morgan fingerprint density at radius 2 is 2.19 bits per heavy atom. The molecule has 2 heterocycles. The van der Waals surface area contributed by atoms with Crippen molar-refractivity contribution in [1.29, 1.82) is 0 Å². The van der Waals surface area contributed by atoms with Gasteiger partial charge in [-0.05, 0) is 12.1 Å². The van der Waals surface area contributed by atoms with E-state index in [4.69, 9.17) is 11.6 Å². The third-order valence-electron chi connectivity index (χ3n) is 2.84. The molecule has 0 fully saturated rings. The van der Waals surface area contributed by atoms with Gasteiger partial charge in [0.05, 0.1) is 11.0 Å². The van der Waals surface area contributed by atoms with Crippen LogP contribution in [0.2, 0.25) is 0 Å². The van der Waals surface area contributed by atoms with Crippen LogP contribution in [0.3, 0.4) is 0 Å². The van der Waals surface area contributed by atoms with E-state index in [0.29, 0.717) is 12.5 Å². The first-order chi connectivity index (χ1) is 7.81. The number of aromatic nitrogens is 2.